The van der Waals surface area contributed by atoms with Crippen molar-refractivity contribution in [2.24, 2.45) is 0 Å². The summed E-state index contributed by atoms with van der Waals surface area (Å²) in [6, 6.07) is 3.39. The standard InChI is InChI=1S/C15H23NO3S2/c1-11-7-13(9-17)8-14(12(11)2)21(18,19)16-10-15(20-3)5-4-6-15/h7-8,16-17H,4-6,9-10H2,1-3H3. The van der Waals surface area contributed by atoms with Gasteiger partial charge in [-0.05, 0) is 55.7 Å². The van der Waals surface area contributed by atoms with Crippen molar-refractivity contribution in [3.63, 3.8) is 0 Å². The monoisotopic (exact) mass is 329 g/mol. The summed E-state index contributed by atoms with van der Waals surface area (Å²) in [5.41, 5.74) is 2.25. The van der Waals surface area contributed by atoms with E-state index in [1.54, 1.807) is 24.8 Å². The quantitative estimate of drug-likeness (QED) is 0.841. The molecule has 1 fully saturated rings. The SMILES string of the molecule is CSC1(CNS(=O)(=O)c2cc(CO)cc(C)c2C)CCC1. The molecule has 0 saturated heterocycles. The van der Waals surface area contributed by atoms with Crippen molar-refractivity contribution in [1.82, 2.24) is 4.72 Å². The Labute approximate surface area is 131 Å². The molecule has 1 aromatic carbocycles. The first-order valence-corrected chi connectivity index (χ1v) is 9.80. The molecule has 0 atom stereocenters. The van der Waals surface area contributed by atoms with Crippen LogP contribution in [0.2, 0.25) is 0 Å². The van der Waals surface area contributed by atoms with Crippen molar-refractivity contribution in [3.05, 3.63) is 28.8 Å². The summed E-state index contributed by atoms with van der Waals surface area (Å²) in [5, 5.41) is 9.27. The van der Waals surface area contributed by atoms with E-state index in [4.69, 9.17) is 0 Å². The van der Waals surface area contributed by atoms with E-state index in [1.165, 1.54) is 6.42 Å². The van der Waals surface area contributed by atoms with Gasteiger partial charge >= 0.3 is 0 Å². The van der Waals surface area contributed by atoms with Gasteiger partial charge in [0.2, 0.25) is 10.0 Å². The first-order valence-electron chi connectivity index (χ1n) is 7.09. The Balaban J connectivity index is 2.25. The predicted molar refractivity (Wildman–Crippen MR) is 87.1 cm³/mol. The summed E-state index contributed by atoms with van der Waals surface area (Å²) in [7, 11) is -3.54. The first kappa shape index (κ1) is 16.8. The molecule has 0 heterocycles. The second-order valence-corrected chi connectivity index (χ2v) is 8.77. The van der Waals surface area contributed by atoms with Crippen LogP contribution < -0.4 is 4.72 Å². The molecule has 4 nitrogen and oxygen atoms in total. The van der Waals surface area contributed by atoms with Crippen LogP contribution in [0.1, 0.15) is 36.0 Å². The Hall–Kier alpha value is -0.560. The Morgan fingerprint density at radius 3 is 2.48 bits per heavy atom. The fourth-order valence-electron chi connectivity index (χ4n) is 2.60. The third kappa shape index (κ3) is 3.44. The summed E-state index contributed by atoms with van der Waals surface area (Å²) in [4.78, 5) is 0.280. The van der Waals surface area contributed by atoms with Crippen LogP contribution in [-0.2, 0) is 16.6 Å². The van der Waals surface area contributed by atoms with Gasteiger partial charge in [-0.2, -0.15) is 11.8 Å². The third-order valence-corrected chi connectivity index (χ3v) is 7.38. The topological polar surface area (TPSA) is 66.4 Å². The van der Waals surface area contributed by atoms with Crippen molar-refractivity contribution >= 4 is 21.8 Å². The summed E-state index contributed by atoms with van der Waals surface area (Å²) < 4.78 is 28.0. The minimum atomic E-state index is -3.54. The molecule has 0 unspecified atom stereocenters. The van der Waals surface area contributed by atoms with Gasteiger partial charge in [0.05, 0.1) is 11.5 Å². The number of hydrogen-bond acceptors (Lipinski definition) is 4. The van der Waals surface area contributed by atoms with E-state index < -0.39 is 10.0 Å². The highest BCUT2D eigenvalue weighted by Crippen LogP contribution is 2.42. The predicted octanol–water partition coefficient (Wildman–Crippen LogP) is 2.36. The molecule has 1 aliphatic carbocycles. The number of aliphatic hydroxyl groups excluding tert-OH is 1. The molecule has 0 radical (unpaired) electrons. The molecule has 0 bridgehead atoms. The number of sulfonamides is 1. The highest BCUT2D eigenvalue weighted by atomic mass is 32.2. The zero-order chi connectivity index (χ0) is 15.7. The van der Waals surface area contributed by atoms with Crippen LogP contribution in [0.25, 0.3) is 0 Å². The van der Waals surface area contributed by atoms with Crippen LogP contribution in [0.4, 0.5) is 0 Å². The number of nitrogens with one attached hydrogen (secondary N) is 1. The van der Waals surface area contributed by atoms with E-state index in [0.29, 0.717) is 12.1 Å². The van der Waals surface area contributed by atoms with Gasteiger partial charge in [0.1, 0.15) is 0 Å². The van der Waals surface area contributed by atoms with Crippen LogP contribution in [0.3, 0.4) is 0 Å². The molecule has 1 saturated carbocycles. The Kier molecular flexibility index (Phi) is 5.03. The third-order valence-electron chi connectivity index (χ3n) is 4.43. The van der Waals surface area contributed by atoms with E-state index in [1.807, 2.05) is 19.2 Å². The number of aliphatic hydroxyl groups is 1. The fraction of sp³-hybridized carbons (Fsp3) is 0.600. The van der Waals surface area contributed by atoms with E-state index in [9.17, 15) is 13.5 Å². The molecule has 21 heavy (non-hydrogen) atoms. The minimum absolute atomic E-state index is 0.0601. The van der Waals surface area contributed by atoms with Crippen molar-refractivity contribution in [2.45, 2.75) is 49.4 Å². The Morgan fingerprint density at radius 1 is 1.33 bits per heavy atom. The largest absolute Gasteiger partial charge is 0.392 e. The number of hydrogen-bond donors (Lipinski definition) is 2. The molecule has 6 heteroatoms. The van der Waals surface area contributed by atoms with Crippen molar-refractivity contribution < 1.29 is 13.5 Å². The zero-order valence-corrected chi connectivity index (χ0v) is 14.4. The summed E-state index contributed by atoms with van der Waals surface area (Å²) in [5.74, 6) is 0. The van der Waals surface area contributed by atoms with Gasteiger partial charge in [-0.25, -0.2) is 13.1 Å². The van der Waals surface area contributed by atoms with E-state index in [-0.39, 0.29) is 16.2 Å². The minimum Gasteiger partial charge on any atom is -0.392 e. The van der Waals surface area contributed by atoms with E-state index in [2.05, 4.69) is 4.72 Å². The lowest BCUT2D eigenvalue weighted by atomic mass is 9.84. The average molecular weight is 329 g/mol. The maximum atomic E-state index is 12.6. The van der Waals surface area contributed by atoms with Gasteiger partial charge < -0.3 is 5.11 Å². The smallest absolute Gasteiger partial charge is 0.240 e. The molecule has 0 spiro atoms. The molecular formula is C15H23NO3S2. The lowest BCUT2D eigenvalue weighted by Gasteiger charge is -2.40. The maximum absolute atomic E-state index is 12.6. The van der Waals surface area contributed by atoms with E-state index in [0.717, 1.165) is 24.0 Å². The molecule has 0 aliphatic heterocycles. The second kappa shape index (κ2) is 6.28. The molecular weight excluding hydrogens is 306 g/mol. The molecule has 0 amide bonds. The number of thioether (sulfide) groups is 1. The van der Waals surface area contributed by atoms with E-state index >= 15 is 0 Å². The van der Waals surface area contributed by atoms with Crippen LogP contribution in [0, 0.1) is 13.8 Å². The van der Waals surface area contributed by atoms with Crippen molar-refractivity contribution in [1.29, 1.82) is 0 Å². The second-order valence-electron chi connectivity index (χ2n) is 5.76. The highest BCUT2D eigenvalue weighted by Gasteiger charge is 2.37. The number of rotatable bonds is 6. The average Bonchev–Trinajstić information content (AvgIpc) is 2.40. The van der Waals surface area contributed by atoms with Gasteiger partial charge in [-0.15, -0.1) is 0 Å². The molecule has 0 aromatic heterocycles. The van der Waals surface area contributed by atoms with Crippen LogP contribution >= 0.6 is 11.8 Å². The van der Waals surface area contributed by atoms with Crippen LogP contribution in [0.15, 0.2) is 17.0 Å². The van der Waals surface area contributed by atoms with Crippen molar-refractivity contribution in [2.75, 3.05) is 12.8 Å². The van der Waals surface area contributed by atoms with Gasteiger partial charge in [0.15, 0.2) is 0 Å². The molecule has 1 aromatic rings. The summed E-state index contributed by atoms with van der Waals surface area (Å²) >= 11 is 1.74. The van der Waals surface area contributed by atoms with Crippen LogP contribution in [0.5, 0.6) is 0 Å². The number of benzene rings is 1. The number of aryl methyl sites for hydroxylation is 1. The maximum Gasteiger partial charge on any atom is 0.240 e. The lowest BCUT2D eigenvalue weighted by Crippen LogP contribution is -2.45. The van der Waals surface area contributed by atoms with Gasteiger partial charge in [0, 0.05) is 11.3 Å². The zero-order valence-electron chi connectivity index (χ0n) is 12.8. The molecule has 2 rings (SSSR count). The van der Waals surface area contributed by atoms with Crippen LogP contribution in [-0.4, -0.2) is 31.1 Å². The fourth-order valence-corrected chi connectivity index (χ4v) is 5.10. The van der Waals surface area contributed by atoms with Gasteiger partial charge in [0.25, 0.3) is 0 Å². The highest BCUT2D eigenvalue weighted by molar-refractivity contribution is 8.00. The Bertz CT molecular complexity index is 617. The Morgan fingerprint density at radius 2 is 2.00 bits per heavy atom. The van der Waals surface area contributed by atoms with Crippen molar-refractivity contribution in [3.8, 4) is 0 Å². The lowest BCUT2D eigenvalue weighted by molar-refractivity contribution is 0.281. The molecule has 118 valence electrons. The summed E-state index contributed by atoms with van der Waals surface area (Å²) in [6.07, 6.45) is 5.33. The molecule has 1 aliphatic rings. The normalized spacial score (nSPS) is 17.5. The molecule has 2 N–H and O–H groups in total. The van der Waals surface area contributed by atoms with Gasteiger partial charge in [-0.1, -0.05) is 12.5 Å². The summed E-state index contributed by atoms with van der Waals surface area (Å²) in [6.45, 7) is 3.98. The van der Waals surface area contributed by atoms with Gasteiger partial charge in [-0.3, -0.25) is 0 Å². The first-order chi connectivity index (χ1) is 9.83.